The Hall–Kier alpha value is -2.83. The molecule has 116 valence electrons. The van der Waals surface area contributed by atoms with E-state index in [2.05, 4.69) is 9.97 Å². The molecule has 0 aliphatic carbocycles. The molecule has 0 fully saturated rings. The lowest BCUT2D eigenvalue weighted by Crippen LogP contribution is -2.16. The minimum Gasteiger partial charge on any atom is -0.493 e. The van der Waals surface area contributed by atoms with Crippen molar-refractivity contribution in [1.29, 1.82) is 0 Å². The van der Waals surface area contributed by atoms with Gasteiger partial charge in [0, 0.05) is 20.2 Å². The second-order valence-electron chi connectivity index (χ2n) is 4.67. The van der Waals surface area contributed by atoms with E-state index in [-0.39, 0.29) is 18.1 Å². The molecule has 1 N–H and O–H groups in total. The zero-order valence-electron chi connectivity index (χ0n) is 12.6. The van der Waals surface area contributed by atoms with Gasteiger partial charge in [0.2, 0.25) is 0 Å². The van der Waals surface area contributed by atoms with E-state index < -0.39 is 5.97 Å². The van der Waals surface area contributed by atoms with E-state index in [9.17, 15) is 4.79 Å². The van der Waals surface area contributed by atoms with Gasteiger partial charge in [0.05, 0.1) is 7.11 Å². The number of anilines is 1. The van der Waals surface area contributed by atoms with Gasteiger partial charge in [-0.15, -0.1) is 0 Å². The number of aromatic nitrogens is 2. The summed E-state index contributed by atoms with van der Waals surface area (Å²) in [6, 6.07) is 8.59. The number of methoxy groups -OCH3 is 1. The zero-order valence-corrected chi connectivity index (χ0v) is 12.6. The largest absolute Gasteiger partial charge is 0.493 e. The molecule has 7 nitrogen and oxygen atoms in total. The molecule has 0 spiro atoms. The summed E-state index contributed by atoms with van der Waals surface area (Å²) >= 11 is 0. The van der Waals surface area contributed by atoms with Gasteiger partial charge in [-0.25, -0.2) is 14.8 Å². The van der Waals surface area contributed by atoms with E-state index in [1.54, 1.807) is 38.2 Å². The third-order valence-corrected chi connectivity index (χ3v) is 2.86. The fourth-order valence-electron chi connectivity index (χ4n) is 1.77. The zero-order chi connectivity index (χ0) is 16.1. The van der Waals surface area contributed by atoms with E-state index in [0.717, 1.165) is 0 Å². The van der Waals surface area contributed by atoms with Gasteiger partial charge in [0.25, 0.3) is 0 Å². The average Bonchev–Trinajstić information content (AvgIpc) is 2.52. The van der Waals surface area contributed by atoms with Gasteiger partial charge in [-0.05, 0) is 12.1 Å². The number of carboxylic acids is 1. The quantitative estimate of drug-likeness (QED) is 0.871. The van der Waals surface area contributed by atoms with Crippen LogP contribution < -0.4 is 14.4 Å². The number of ether oxygens (including phenoxy) is 2. The number of carboxylic acid groups (broad SMARTS) is 1. The first kappa shape index (κ1) is 15.6. The Morgan fingerprint density at radius 3 is 2.50 bits per heavy atom. The molecule has 1 aromatic heterocycles. The number of nitrogens with zero attached hydrogens (tertiary/aromatic N) is 3. The van der Waals surface area contributed by atoms with Gasteiger partial charge < -0.3 is 19.5 Å². The summed E-state index contributed by atoms with van der Waals surface area (Å²) in [6.45, 7) is 0.0440. The van der Waals surface area contributed by atoms with Gasteiger partial charge in [0.15, 0.2) is 23.0 Å². The summed E-state index contributed by atoms with van der Waals surface area (Å²) in [5.74, 6) is 0.815. The van der Waals surface area contributed by atoms with Crippen LogP contribution in [-0.2, 0) is 6.61 Å². The molecule has 22 heavy (non-hydrogen) atoms. The monoisotopic (exact) mass is 303 g/mol. The van der Waals surface area contributed by atoms with E-state index in [1.165, 1.54) is 6.07 Å². The van der Waals surface area contributed by atoms with Gasteiger partial charge >= 0.3 is 5.97 Å². The Kier molecular flexibility index (Phi) is 4.77. The molecular weight excluding hydrogens is 286 g/mol. The molecule has 2 rings (SSSR count). The fourth-order valence-corrected chi connectivity index (χ4v) is 1.77. The summed E-state index contributed by atoms with van der Waals surface area (Å²) < 4.78 is 10.8. The van der Waals surface area contributed by atoms with Gasteiger partial charge in [-0.3, -0.25) is 0 Å². The molecule has 0 atom stereocenters. The molecule has 7 heteroatoms. The highest BCUT2D eigenvalue weighted by molar-refractivity contribution is 5.86. The summed E-state index contributed by atoms with van der Waals surface area (Å²) in [5.41, 5.74) is -0.0719. The van der Waals surface area contributed by atoms with E-state index in [0.29, 0.717) is 17.3 Å². The topological polar surface area (TPSA) is 84.8 Å². The lowest BCUT2D eigenvalue weighted by atomic mass is 10.3. The van der Waals surface area contributed by atoms with E-state index >= 15 is 0 Å². The van der Waals surface area contributed by atoms with Crippen LogP contribution in [0.1, 0.15) is 16.3 Å². The second-order valence-corrected chi connectivity index (χ2v) is 4.67. The van der Waals surface area contributed by atoms with Crippen LogP contribution in [0.25, 0.3) is 0 Å². The number of hydrogen-bond donors (Lipinski definition) is 1. The first-order valence-electron chi connectivity index (χ1n) is 6.55. The van der Waals surface area contributed by atoms with Crippen molar-refractivity contribution >= 4 is 11.8 Å². The molecule has 0 radical (unpaired) electrons. The van der Waals surface area contributed by atoms with Crippen LogP contribution in [0.2, 0.25) is 0 Å². The summed E-state index contributed by atoms with van der Waals surface area (Å²) in [6.07, 6.45) is 0. The van der Waals surface area contributed by atoms with E-state index in [4.69, 9.17) is 14.6 Å². The van der Waals surface area contributed by atoms with Crippen molar-refractivity contribution in [2.45, 2.75) is 6.61 Å². The predicted octanol–water partition coefficient (Wildman–Crippen LogP) is 1.83. The van der Waals surface area contributed by atoms with Crippen molar-refractivity contribution in [1.82, 2.24) is 9.97 Å². The summed E-state index contributed by atoms with van der Waals surface area (Å²) in [5, 5.41) is 9.11. The molecule has 0 saturated heterocycles. The molecule has 0 aliphatic rings. The molecule has 0 amide bonds. The third kappa shape index (κ3) is 3.63. The summed E-state index contributed by atoms with van der Waals surface area (Å²) in [7, 11) is 5.10. The molecule has 0 bridgehead atoms. The van der Waals surface area contributed by atoms with Crippen molar-refractivity contribution in [2.24, 2.45) is 0 Å². The first-order valence-corrected chi connectivity index (χ1v) is 6.55. The lowest BCUT2D eigenvalue weighted by molar-refractivity contribution is 0.0689. The molecule has 1 heterocycles. The van der Waals surface area contributed by atoms with Gasteiger partial charge in [-0.2, -0.15) is 0 Å². The van der Waals surface area contributed by atoms with Crippen molar-refractivity contribution in [2.75, 3.05) is 26.1 Å². The minimum atomic E-state index is -1.11. The van der Waals surface area contributed by atoms with Crippen LogP contribution in [0.15, 0.2) is 30.3 Å². The number of carbonyl (C=O) groups is 1. The maximum Gasteiger partial charge on any atom is 0.354 e. The highest BCUT2D eigenvalue weighted by Gasteiger charge is 2.12. The highest BCUT2D eigenvalue weighted by atomic mass is 16.5. The van der Waals surface area contributed by atoms with Crippen LogP contribution in [0.3, 0.4) is 0 Å². The van der Waals surface area contributed by atoms with Crippen LogP contribution in [-0.4, -0.2) is 42.2 Å². The molecule has 0 saturated carbocycles. The van der Waals surface area contributed by atoms with Crippen LogP contribution in [0, 0.1) is 0 Å². The SMILES string of the molecule is COc1ccccc1OCc1nc(C(=O)O)cc(N(C)C)n1. The van der Waals surface area contributed by atoms with Gasteiger partial charge in [0.1, 0.15) is 12.4 Å². The molecule has 0 unspecified atom stereocenters. The standard InChI is InChI=1S/C15H17N3O4/c1-18(2)14-8-10(15(19)20)16-13(17-14)9-22-12-7-5-4-6-11(12)21-3/h4-8H,9H2,1-3H3,(H,19,20). The van der Waals surface area contributed by atoms with Crippen molar-refractivity contribution in [3.05, 3.63) is 41.9 Å². The molecule has 2 aromatic rings. The number of para-hydroxylation sites is 2. The van der Waals surface area contributed by atoms with Crippen LogP contribution >= 0.6 is 0 Å². The molecular formula is C15H17N3O4. The smallest absolute Gasteiger partial charge is 0.354 e. The average molecular weight is 303 g/mol. The van der Waals surface area contributed by atoms with Gasteiger partial charge in [-0.1, -0.05) is 12.1 Å². The number of hydrogen-bond acceptors (Lipinski definition) is 6. The number of aromatic carboxylic acids is 1. The fraction of sp³-hybridized carbons (Fsp3) is 0.267. The van der Waals surface area contributed by atoms with Crippen molar-refractivity contribution in [3.63, 3.8) is 0 Å². The lowest BCUT2D eigenvalue weighted by Gasteiger charge is -2.14. The maximum absolute atomic E-state index is 11.1. The number of rotatable bonds is 6. The Morgan fingerprint density at radius 2 is 1.91 bits per heavy atom. The predicted molar refractivity (Wildman–Crippen MR) is 80.6 cm³/mol. The Balaban J connectivity index is 2.23. The highest BCUT2D eigenvalue weighted by Crippen LogP contribution is 2.26. The number of benzene rings is 1. The third-order valence-electron chi connectivity index (χ3n) is 2.86. The summed E-state index contributed by atoms with van der Waals surface area (Å²) in [4.78, 5) is 21.1. The Morgan fingerprint density at radius 1 is 1.23 bits per heavy atom. The van der Waals surface area contributed by atoms with Crippen molar-refractivity contribution in [3.8, 4) is 11.5 Å². The van der Waals surface area contributed by atoms with E-state index in [1.807, 2.05) is 12.1 Å². The maximum atomic E-state index is 11.1. The molecule has 0 aliphatic heterocycles. The normalized spacial score (nSPS) is 10.1. The Labute approximate surface area is 128 Å². The van der Waals surface area contributed by atoms with Crippen molar-refractivity contribution < 1.29 is 19.4 Å². The Bertz CT molecular complexity index is 674. The van der Waals surface area contributed by atoms with Crippen LogP contribution in [0.4, 0.5) is 5.82 Å². The first-order chi connectivity index (χ1) is 10.5. The van der Waals surface area contributed by atoms with Crippen LogP contribution in [0.5, 0.6) is 11.5 Å². The minimum absolute atomic E-state index is 0.0440. The second kappa shape index (κ2) is 6.75. The molecule has 1 aromatic carbocycles.